The van der Waals surface area contributed by atoms with Crippen LogP contribution in [0.15, 0.2) is 42.5 Å². The van der Waals surface area contributed by atoms with Gasteiger partial charge in [-0.25, -0.2) is 4.79 Å². The van der Waals surface area contributed by atoms with E-state index in [2.05, 4.69) is 51.2 Å². The summed E-state index contributed by atoms with van der Waals surface area (Å²) in [6.45, 7) is 18.0. The smallest absolute Gasteiger partial charge is 0.407 e. The molecule has 0 saturated carbocycles. The number of pyridine rings is 1. The summed E-state index contributed by atoms with van der Waals surface area (Å²) in [5.41, 5.74) is 7.54. The molecule has 2 aromatic carbocycles. The molecule has 0 bridgehead atoms. The number of amides is 1. The van der Waals surface area contributed by atoms with E-state index in [1.54, 1.807) is 24.3 Å². The van der Waals surface area contributed by atoms with Crippen LogP contribution < -0.4 is 14.8 Å². The summed E-state index contributed by atoms with van der Waals surface area (Å²) in [4.78, 5) is 29.0. The molecule has 1 aromatic heterocycles. The molecule has 0 saturated heterocycles. The van der Waals surface area contributed by atoms with Crippen molar-refractivity contribution in [3.63, 3.8) is 0 Å². The number of esters is 1. The predicted molar refractivity (Wildman–Crippen MR) is 158 cm³/mol. The zero-order valence-electron chi connectivity index (χ0n) is 25.2. The molecule has 0 spiro atoms. The first-order valence-electron chi connectivity index (χ1n) is 13.7. The molecule has 0 aliphatic carbocycles. The summed E-state index contributed by atoms with van der Waals surface area (Å²) < 4.78 is 16.9. The highest BCUT2D eigenvalue weighted by molar-refractivity contribution is 5.76. The van der Waals surface area contributed by atoms with Crippen LogP contribution in [0.4, 0.5) is 4.79 Å². The maximum Gasteiger partial charge on any atom is 0.407 e. The van der Waals surface area contributed by atoms with E-state index in [0.717, 1.165) is 45.6 Å². The van der Waals surface area contributed by atoms with Gasteiger partial charge in [0, 0.05) is 36.0 Å². The molecule has 0 aliphatic heterocycles. The Labute approximate surface area is 238 Å². The molecule has 7 heteroatoms. The van der Waals surface area contributed by atoms with Crippen LogP contribution in [0.25, 0.3) is 11.1 Å². The van der Waals surface area contributed by atoms with Gasteiger partial charge in [0.2, 0.25) is 0 Å². The summed E-state index contributed by atoms with van der Waals surface area (Å²) in [6.07, 6.45) is 0.295. The van der Waals surface area contributed by atoms with Crippen molar-refractivity contribution in [1.29, 1.82) is 0 Å². The Morgan fingerprint density at radius 1 is 0.950 bits per heavy atom. The highest BCUT2D eigenvalue weighted by atomic mass is 16.6. The minimum absolute atomic E-state index is 0.274. The first kappa shape index (κ1) is 30.7. The minimum Gasteiger partial charge on any atom is -0.489 e. The normalized spacial score (nSPS) is 11.3. The lowest BCUT2D eigenvalue weighted by molar-refractivity contribution is -0.131. The van der Waals surface area contributed by atoms with Gasteiger partial charge in [-0.3, -0.25) is 9.78 Å². The fourth-order valence-corrected chi connectivity index (χ4v) is 4.59. The van der Waals surface area contributed by atoms with Crippen molar-refractivity contribution < 1.29 is 23.8 Å². The number of hydrogen-bond donors (Lipinski definition) is 1. The summed E-state index contributed by atoms with van der Waals surface area (Å²) >= 11 is 0. The Balaban J connectivity index is 2.10. The number of carbonyl (C=O) groups is 2. The lowest BCUT2D eigenvalue weighted by Crippen LogP contribution is -2.32. The molecule has 0 radical (unpaired) electrons. The van der Waals surface area contributed by atoms with Gasteiger partial charge in [0.1, 0.15) is 23.7 Å². The molecule has 1 heterocycles. The number of ether oxygens (including phenoxy) is 3. The van der Waals surface area contributed by atoms with Crippen LogP contribution in [0, 0.1) is 26.7 Å². The highest BCUT2D eigenvalue weighted by Gasteiger charge is 2.23. The molecule has 214 valence electrons. The third-order valence-corrected chi connectivity index (χ3v) is 6.22. The molecule has 0 aliphatic rings. The van der Waals surface area contributed by atoms with Crippen molar-refractivity contribution in [2.75, 3.05) is 0 Å². The maximum atomic E-state index is 12.7. The van der Waals surface area contributed by atoms with E-state index in [9.17, 15) is 9.59 Å². The number of rotatable bonds is 9. The number of carbonyl (C=O) groups excluding carboxylic acids is 2. The molecular weight excluding hydrogens is 504 g/mol. The molecule has 0 unspecified atom stereocenters. The largest absolute Gasteiger partial charge is 0.489 e. The van der Waals surface area contributed by atoms with E-state index < -0.39 is 11.7 Å². The monoisotopic (exact) mass is 546 g/mol. The first-order valence-corrected chi connectivity index (χ1v) is 13.7. The van der Waals surface area contributed by atoms with Crippen molar-refractivity contribution in [1.82, 2.24) is 10.3 Å². The van der Waals surface area contributed by atoms with E-state index >= 15 is 0 Å². The fraction of sp³-hybridized carbons (Fsp3) is 0.424. The molecule has 3 rings (SSSR count). The average Bonchev–Trinajstić information content (AvgIpc) is 2.82. The van der Waals surface area contributed by atoms with Gasteiger partial charge in [-0.05, 0) is 94.8 Å². The first-order chi connectivity index (χ1) is 18.7. The molecule has 40 heavy (non-hydrogen) atoms. The van der Waals surface area contributed by atoms with Gasteiger partial charge in [-0.1, -0.05) is 37.6 Å². The van der Waals surface area contributed by atoms with E-state index in [1.807, 2.05) is 27.7 Å². The summed E-state index contributed by atoms with van der Waals surface area (Å²) in [6, 6.07) is 13.3. The Morgan fingerprint density at radius 3 is 2.17 bits per heavy atom. The predicted octanol–water partition coefficient (Wildman–Crippen LogP) is 7.40. The fourth-order valence-electron chi connectivity index (χ4n) is 4.59. The van der Waals surface area contributed by atoms with Crippen molar-refractivity contribution in [2.45, 2.75) is 87.5 Å². The third kappa shape index (κ3) is 8.57. The Hall–Kier alpha value is -3.87. The van der Waals surface area contributed by atoms with Crippen molar-refractivity contribution in [3.05, 3.63) is 76.1 Å². The third-order valence-electron chi connectivity index (χ3n) is 6.22. The van der Waals surface area contributed by atoms with Crippen LogP contribution in [0.2, 0.25) is 0 Å². The number of aromatic nitrogens is 1. The van der Waals surface area contributed by atoms with Gasteiger partial charge in [-0.2, -0.15) is 0 Å². The summed E-state index contributed by atoms with van der Waals surface area (Å²) in [5, 5.41) is 2.97. The number of nitrogens with one attached hydrogen (secondary N) is 1. The lowest BCUT2D eigenvalue weighted by Gasteiger charge is -2.24. The van der Waals surface area contributed by atoms with Gasteiger partial charge in [0.05, 0.1) is 0 Å². The molecular formula is C33H42N2O5. The Morgan fingerprint density at radius 2 is 1.60 bits per heavy atom. The highest BCUT2D eigenvalue weighted by Crippen LogP contribution is 2.36. The van der Waals surface area contributed by atoms with Crippen molar-refractivity contribution in [3.8, 4) is 22.6 Å². The minimum atomic E-state index is -0.600. The molecule has 0 fully saturated rings. The second-order valence-electron chi connectivity index (χ2n) is 11.6. The number of benzene rings is 2. The molecule has 3 aromatic rings. The summed E-state index contributed by atoms with van der Waals surface area (Å²) in [7, 11) is 0. The van der Waals surface area contributed by atoms with Crippen LogP contribution in [0.3, 0.4) is 0 Å². The standard InChI is InChI=1S/C33H42N2O5/c1-20(2)16-30-28(18-34-32(37)40-33(7,8)9)31(27-15-10-21(3)17-22(27)4)29(23(5)35-30)19-38-25-11-13-26(14-12-25)39-24(6)36/h10-15,17,20H,16,18-19H2,1-9H3,(H,34,37). The molecule has 7 nitrogen and oxygen atoms in total. The van der Waals surface area contributed by atoms with Crippen LogP contribution in [-0.2, 0) is 29.1 Å². The van der Waals surface area contributed by atoms with Gasteiger partial charge >= 0.3 is 12.1 Å². The Kier molecular flexibility index (Phi) is 9.96. The maximum absolute atomic E-state index is 12.7. The molecule has 1 N–H and O–H groups in total. The number of hydrogen-bond acceptors (Lipinski definition) is 6. The van der Waals surface area contributed by atoms with Gasteiger partial charge in [-0.15, -0.1) is 0 Å². The van der Waals surface area contributed by atoms with Gasteiger partial charge < -0.3 is 19.5 Å². The van der Waals surface area contributed by atoms with E-state index in [4.69, 9.17) is 19.2 Å². The van der Waals surface area contributed by atoms with Crippen molar-refractivity contribution in [2.24, 2.45) is 5.92 Å². The topological polar surface area (TPSA) is 86.8 Å². The van der Waals surface area contributed by atoms with E-state index in [-0.39, 0.29) is 19.1 Å². The van der Waals surface area contributed by atoms with Crippen molar-refractivity contribution >= 4 is 12.1 Å². The van der Waals surface area contributed by atoms with Crippen LogP contribution in [0.5, 0.6) is 11.5 Å². The molecule has 1 amide bonds. The SMILES string of the molecule is CC(=O)Oc1ccc(OCc2c(C)nc(CC(C)C)c(CNC(=O)OC(C)(C)C)c2-c2ccc(C)cc2C)cc1. The van der Waals surface area contributed by atoms with Gasteiger partial charge in [0.25, 0.3) is 0 Å². The van der Waals surface area contributed by atoms with E-state index in [0.29, 0.717) is 17.4 Å². The molecule has 0 atom stereocenters. The summed E-state index contributed by atoms with van der Waals surface area (Å²) in [5.74, 6) is 1.10. The van der Waals surface area contributed by atoms with Gasteiger partial charge in [0.15, 0.2) is 0 Å². The second kappa shape index (κ2) is 13.0. The average molecular weight is 547 g/mol. The quantitative estimate of drug-likeness (QED) is 0.222. The van der Waals surface area contributed by atoms with E-state index in [1.165, 1.54) is 12.5 Å². The number of nitrogens with zero attached hydrogens (tertiary/aromatic N) is 1. The van der Waals surface area contributed by atoms with Crippen LogP contribution in [0.1, 0.15) is 75.2 Å². The second-order valence-corrected chi connectivity index (χ2v) is 11.6. The van der Waals surface area contributed by atoms with Crippen LogP contribution in [-0.4, -0.2) is 22.6 Å². The lowest BCUT2D eigenvalue weighted by atomic mass is 9.88. The zero-order valence-corrected chi connectivity index (χ0v) is 25.2. The number of aryl methyl sites for hydroxylation is 3. The number of alkyl carbamates (subject to hydrolysis) is 1. The zero-order chi connectivity index (χ0) is 29.6. The van der Waals surface area contributed by atoms with Crippen LogP contribution >= 0.6 is 0 Å². The Bertz CT molecular complexity index is 1350.